The van der Waals surface area contributed by atoms with Crippen molar-refractivity contribution in [3.05, 3.63) is 68.1 Å². The number of carbonyl (C=O) groups is 3. The first-order valence-electron chi connectivity index (χ1n) is 9.88. The molecule has 2 heterocycles. The average Bonchev–Trinajstić information content (AvgIpc) is 3.15. The van der Waals surface area contributed by atoms with E-state index in [1.165, 1.54) is 6.07 Å². The minimum atomic E-state index is -3.86. The van der Waals surface area contributed by atoms with Gasteiger partial charge in [-0.2, -0.15) is 0 Å². The van der Waals surface area contributed by atoms with Crippen LogP contribution in [0.2, 0.25) is 0 Å². The third kappa shape index (κ3) is 1.95. The van der Waals surface area contributed by atoms with Crippen molar-refractivity contribution in [3.8, 4) is 0 Å². The van der Waals surface area contributed by atoms with E-state index in [1.54, 1.807) is 12.3 Å². The van der Waals surface area contributed by atoms with Crippen molar-refractivity contribution in [3.63, 3.8) is 0 Å². The number of furan rings is 1. The molecule has 0 saturated carbocycles. The molecule has 0 bridgehead atoms. The Bertz CT molecular complexity index is 1380. The van der Waals surface area contributed by atoms with E-state index < -0.39 is 31.7 Å². The maximum Gasteiger partial charge on any atom is 0.228 e. The van der Waals surface area contributed by atoms with Crippen LogP contribution in [0.15, 0.2) is 33.4 Å². The van der Waals surface area contributed by atoms with Crippen LogP contribution in [0.25, 0.3) is 0 Å². The summed E-state index contributed by atoms with van der Waals surface area (Å²) in [6.07, 6.45) is 4.15. The summed E-state index contributed by atoms with van der Waals surface area (Å²) in [5.74, 6) is -1.56. The molecular formula is C22H17NO6S. The van der Waals surface area contributed by atoms with Gasteiger partial charge < -0.3 is 9.73 Å². The van der Waals surface area contributed by atoms with Crippen molar-refractivity contribution in [2.75, 3.05) is 12.3 Å². The van der Waals surface area contributed by atoms with E-state index in [1.807, 2.05) is 6.92 Å². The lowest BCUT2D eigenvalue weighted by molar-refractivity contribution is 0.0970. The van der Waals surface area contributed by atoms with Gasteiger partial charge in [0.2, 0.25) is 17.3 Å². The highest BCUT2D eigenvalue weighted by atomic mass is 32.2. The number of aryl methyl sites for hydroxylation is 1. The summed E-state index contributed by atoms with van der Waals surface area (Å²) in [4.78, 5) is 39.0. The lowest BCUT2D eigenvalue weighted by atomic mass is 9.62. The van der Waals surface area contributed by atoms with Gasteiger partial charge in [-0.25, -0.2) is 8.42 Å². The van der Waals surface area contributed by atoms with Gasteiger partial charge >= 0.3 is 0 Å². The predicted molar refractivity (Wildman–Crippen MR) is 105 cm³/mol. The minimum absolute atomic E-state index is 0.0345. The van der Waals surface area contributed by atoms with Crippen molar-refractivity contribution < 1.29 is 27.2 Å². The number of hydrogen-bond acceptors (Lipinski definition) is 7. The first-order valence-corrected chi connectivity index (χ1v) is 11.5. The van der Waals surface area contributed by atoms with Crippen LogP contribution in [0.3, 0.4) is 0 Å². The van der Waals surface area contributed by atoms with Gasteiger partial charge in [0, 0.05) is 34.2 Å². The summed E-state index contributed by atoms with van der Waals surface area (Å²) in [6.45, 7) is 2.11. The van der Waals surface area contributed by atoms with Gasteiger partial charge in [0.1, 0.15) is 10.6 Å². The molecule has 0 unspecified atom stereocenters. The lowest BCUT2D eigenvalue weighted by Crippen LogP contribution is -2.42. The Morgan fingerprint density at radius 2 is 1.80 bits per heavy atom. The molecule has 0 radical (unpaired) electrons. The third-order valence-corrected chi connectivity index (χ3v) is 8.63. The SMILES string of the molecule is C[C@]12CCCc3coc(c31)C(=O)c1cc3c(cc12)C(=O)C1=C(C3=O)S(=O)(=O)CCN1. The summed E-state index contributed by atoms with van der Waals surface area (Å²) < 4.78 is 30.6. The number of Topliss-reactive ketones (excluding diaryl/α,β-unsaturated/α-hetero) is 2. The Kier molecular flexibility index (Phi) is 3.19. The zero-order chi connectivity index (χ0) is 21.0. The molecule has 0 saturated heterocycles. The standard InChI is InChI=1S/C22H17NO6S/c1-22-4-2-3-10-9-29-20(15(10)22)18(25)13-7-11-12(8-14(13)22)17(24)16-21(19(11)26)30(27,28)6-5-23-16/h7-9,23H,2-6H2,1H3/t22-/m1/s1. The fourth-order valence-electron chi connectivity index (χ4n) is 5.46. The summed E-state index contributed by atoms with van der Waals surface area (Å²) in [7, 11) is -3.86. The largest absolute Gasteiger partial charge is 0.460 e. The van der Waals surface area contributed by atoms with Crippen molar-refractivity contribution in [2.24, 2.45) is 0 Å². The maximum atomic E-state index is 13.2. The Morgan fingerprint density at radius 1 is 1.03 bits per heavy atom. The Labute approximate surface area is 172 Å². The topological polar surface area (TPSA) is 111 Å². The van der Waals surface area contributed by atoms with Crippen LogP contribution >= 0.6 is 0 Å². The number of ketones is 3. The van der Waals surface area contributed by atoms with Crippen LogP contribution in [0.5, 0.6) is 0 Å². The predicted octanol–water partition coefficient (Wildman–Crippen LogP) is 2.07. The van der Waals surface area contributed by atoms with Gasteiger partial charge in [-0.05, 0) is 42.5 Å². The van der Waals surface area contributed by atoms with Gasteiger partial charge in [-0.15, -0.1) is 0 Å². The van der Waals surface area contributed by atoms with Gasteiger partial charge in [0.15, 0.2) is 15.6 Å². The highest BCUT2D eigenvalue weighted by Crippen LogP contribution is 2.50. The number of nitrogens with one attached hydrogen (secondary N) is 1. The molecule has 1 aromatic heterocycles. The van der Waals surface area contributed by atoms with Crippen molar-refractivity contribution in [2.45, 2.75) is 31.6 Å². The molecule has 1 N–H and O–H groups in total. The van der Waals surface area contributed by atoms with Crippen LogP contribution in [-0.2, 0) is 21.7 Å². The molecule has 0 fully saturated rings. The van der Waals surface area contributed by atoms with Crippen molar-refractivity contribution >= 4 is 27.2 Å². The van der Waals surface area contributed by atoms with E-state index in [-0.39, 0.29) is 40.7 Å². The monoisotopic (exact) mass is 423 g/mol. The number of benzene rings is 1. The average molecular weight is 423 g/mol. The molecule has 0 amide bonds. The third-order valence-electron chi connectivity index (χ3n) is 6.88. The van der Waals surface area contributed by atoms with Crippen molar-refractivity contribution in [1.82, 2.24) is 5.32 Å². The summed E-state index contributed by atoms with van der Waals surface area (Å²) in [5.41, 5.74) is 2.34. The second-order valence-corrected chi connectivity index (χ2v) is 10.6. The Hall–Kier alpha value is -3.00. The zero-order valence-electron chi connectivity index (χ0n) is 16.1. The number of fused-ring (bicyclic) bond motifs is 3. The number of rotatable bonds is 0. The molecular weight excluding hydrogens is 406 g/mol. The lowest BCUT2D eigenvalue weighted by Gasteiger charge is -2.39. The van der Waals surface area contributed by atoms with Gasteiger partial charge in [-0.3, -0.25) is 14.4 Å². The van der Waals surface area contributed by atoms with Crippen LogP contribution in [0, 0.1) is 0 Å². The van der Waals surface area contributed by atoms with Crippen LogP contribution < -0.4 is 5.32 Å². The molecule has 1 aliphatic heterocycles. The quantitative estimate of drug-likeness (QED) is 0.691. The van der Waals surface area contributed by atoms with Crippen molar-refractivity contribution in [1.29, 1.82) is 0 Å². The first kappa shape index (κ1) is 17.8. The highest BCUT2D eigenvalue weighted by molar-refractivity contribution is 7.96. The molecule has 152 valence electrons. The molecule has 1 aromatic carbocycles. The number of allylic oxidation sites excluding steroid dienone is 2. The molecule has 30 heavy (non-hydrogen) atoms. The smallest absolute Gasteiger partial charge is 0.228 e. The molecule has 2 aromatic rings. The molecule has 3 aliphatic carbocycles. The van der Waals surface area contributed by atoms with Gasteiger partial charge in [0.05, 0.1) is 12.0 Å². The van der Waals surface area contributed by atoms with E-state index in [2.05, 4.69) is 5.32 Å². The Morgan fingerprint density at radius 3 is 2.60 bits per heavy atom. The van der Waals surface area contributed by atoms with E-state index in [0.29, 0.717) is 11.1 Å². The van der Waals surface area contributed by atoms with Crippen LogP contribution in [0.4, 0.5) is 0 Å². The fraction of sp³-hybridized carbons (Fsp3) is 0.318. The molecule has 8 heteroatoms. The molecule has 0 spiro atoms. The first-order chi connectivity index (χ1) is 14.2. The molecule has 6 rings (SSSR count). The van der Waals surface area contributed by atoms with Gasteiger partial charge in [-0.1, -0.05) is 6.92 Å². The van der Waals surface area contributed by atoms with E-state index in [0.717, 1.165) is 30.4 Å². The second-order valence-electron chi connectivity index (χ2n) is 8.53. The van der Waals surface area contributed by atoms with E-state index in [9.17, 15) is 22.8 Å². The van der Waals surface area contributed by atoms with E-state index >= 15 is 0 Å². The summed E-state index contributed by atoms with van der Waals surface area (Å²) >= 11 is 0. The highest BCUT2D eigenvalue weighted by Gasteiger charge is 2.48. The fourth-order valence-corrected chi connectivity index (χ4v) is 6.91. The number of sulfone groups is 1. The normalized spacial score (nSPS) is 25.8. The Balaban J connectivity index is 1.64. The van der Waals surface area contributed by atoms with Gasteiger partial charge in [0.25, 0.3) is 0 Å². The molecule has 1 atom stereocenters. The zero-order valence-corrected chi connectivity index (χ0v) is 16.9. The minimum Gasteiger partial charge on any atom is -0.460 e. The maximum absolute atomic E-state index is 13.2. The number of carbonyl (C=O) groups excluding carboxylic acids is 3. The number of hydrogen-bond donors (Lipinski definition) is 1. The second kappa shape index (κ2) is 5.37. The summed E-state index contributed by atoms with van der Waals surface area (Å²) in [6, 6.07) is 3.02. The van der Waals surface area contributed by atoms with Crippen LogP contribution in [-0.4, -0.2) is 38.1 Å². The molecule has 4 aliphatic rings. The summed E-state index contributed by atoms with van der Waals surface area (Å²) in [5, 5.41) is 2.80. The molecule has 7 nitrogen and oxygen atoms in total. The van der Waals surface area contributed by atoms with Crippen LogP contribution in [0.1, 0.15) is 73.3 Å². The van der Waals surface area contributed by atoms with E-state index in [4.69, 9.17) is 4.42 Å².